The van der Waals surface area contributed by atoms with Gasteiger partial charge in [-0.2, -0.15) is 0 Å². The van der Waals surface area contributed by atoms with E-state index in [1.54, 1.807) is 6.07 Å². The standard InChI is InChI=1S/C14H26N2O2Si/c1-14(2,3)19(5,6)18-10-9-16(4)13-8-7-12(17)11-15-13/h7-8,11,17H,9-10H2,1-6H3. The number of hydrogen-bond acceptors (Lipinski definition) is 4. The summed E-state index contributed by atoms with van der Waals surface area (Å²) >= 11 is 0. The van der Waals surface area contributed by atoms with Gasteiger partial charge in [-0.25, -0.2) is 4.98 Å². The zero-order valence-corrected chi connectivity index (χ0v) is 13.9. The maximum atomic E-state index is 9.21. The third kappa shape index (κ3) is 4.51. The van der Waals surface area contributed by atoms with Crippen LogP contribution in [0.25, 0.3) is 0 Å². The van der Waals surface area contributed by atoms with Gasteiger partial charge in [0.15, 0.2) is 8.32 Å². The van der Waals surface area contributed by atoms with Gasteiger partial charge in [0, 0.05) is 13.6 Å². The summed E-state index contributed by atoms with van der Waals surface area (Å²) < 4.78 is 6.13. The van der Waals surface area contributed by atoms with Crippen molar-refractivity contribution in [2.75, 3.05) is 25.1 Å². The van der Waals surface area contributed by atoms with E-state index in [-0.39, 0.29) is 10.8 Å². The van der Waals surface area contributed by atoms with Crippen molar-refractivity contribution >= 4 is 14.1 Å². The van der Waals surface area contributed by atoms with Crippen LogP contribution in [0.2, 0.25) is 18.1 Å². The Bertz CT molecular complexity index is 399. The van der Waals surface area contributed by atoms with Crippen LogP contribution in [-0.4, -0.2) is 38.6 Å². The van der Waals surface area contributed by atoms with Crippen LogP contribution in [0, 0.1) is 0 Å². The van der Waals surface area contributed by atoms with Gasteiger partial charge in [0.05, 0.1) is 12.8 Å². The van der Waals surface area contributed by atoms with Crippen molar-refractivity contribution in [3.63, 3.8) is 0 Å². The summed E-state index contributed by atoms with van der Waals surface area (Å²) in [6, 6.07) is 3.45. The number of hydrogen-bond donors (Lipinski definition) is 1. The minimum absolute atomic E-state index is 0.190. The van der Waals surface area contributed by atoms with E-state index in [2.05, 4.69) is 38.8 Å². The first-order valence-electron chi connectivity index (χ1n) is 6.63. The summed E-state index contributed by atoms with van der Waals surface area (Å²) in [6.07, 6.45) is 1.46. The molecule has 0 aromatic carbocycles. The molecule has 1 aromatic heterocycles. The van der Waals surface area contributed by atoms with Gasteiger partial charge in [-0.3, -0.25) is 0 Å². The van der Waals surface area contributed by atoms with Gasteiger partial charge >= 0.3 is 0 Å². The average molecular weight is 282 g/mol. The summed E-state index contributed by atoms with van der Waals surface area (Å²) in [6.45, 7) is 12.7. The molecule has 0 aliphatic rings. The second-order valence-electron chi connectivity index (χ2n) is 6.40. The maximum absolute atomic E-state index is 9.21. The summed E-state index contributed by atoms with van der Waals surface area (Å²) in [5, 5.41) is 9.45. The van der Waals surface area contributed by atoms with Crippen molar-refractivity contribution < 1.29 is 9.53 Å². The molecular weight excluding hydrogens is 256 g/mol. The first-order chi connectivity index (χ1) is 8.63. The van der Waals surface area contributed by atoms with Gasteiger partial charge in [0.1, 0.15) is 11.6 Å². The van der Waals surface area contributed by atoms with Crippen LogP contribution in [0.4, 0.5) is 5.82 Å². The highest BCUT2D eigenvalue weighted by Gasteiger charge is 2.36. The van der Waals surface area contributed by atoms with Crippen molar-refractivity contribution in [3.8, 4) is 5.75 Å². The molecule has 19 heavy (non-hydrogen) atoms. The van der Waals surface area contributed by atoms with E-state index < -0.39 is 8.32 Å². The van der Waals surface area contributed by atoms with Crippen LogP contribution < -0.4 is 4.90 Å². The number of rotatable bonds is 5. The first kappa shape index (κ1) is 16.0. The van der Waals surface area contributed by atoms with E-state index in [1.165, 1.54) is 6.20 Å². The van der Waals surface area contributed by atoms with Gasteiger partial charge in [0.2, 0.25) is 0 Å². The maximum Gasteiger partial charge on any atom is 0.192 e. The second kappa shape index (κ2) is 5.92. The van der Waals surface area contributed by atoms with Gasteiger partial charge < -0.3 is 14.4 Å². The number of nitrogens with zero attached hydrogens (tertiary/aromatic N) is 2. The monoisotopic (exact) mass is 282 g/mol. The van der Waals surface area contributed by atoms with Crippen LogP contribution in [-0.2, 0) is 4.43 Å². The Hall–Kier alpha value is -1.07. The molecule has 0 fully saturated rings. The van der Waals surface area contributed by atoms with E-state index in [0.29, 0.717) is 6.61 Å². The van der Waals surface area contributed by atoms with Gasteiger partial charge in [-0.1, -0.05) is 20.8 Å². The molecule has 0 saturated heterocycles. The zero-order valence-electron chi connectivity index (χ0n) is 12.9. The Labute approximate surface area is 117 Å². The Kier molecular flexibility index (Phi) is 4.98. The molecule has 0 aliphatic heterocycles. The highest BCUT2D eigenvalue weighted by Crippen LogP contribution is 2.36. The van der Waals surface area contributed by atoms with Crippen molar-refractivity contribution in [3.05, 3.63) is 18.3 Å². The topological polar surface area (TPSA) is 45.6 Å². The number of likely N-dealkylation sites (N-methyl/N-ethyl adjacent to an activating group) is 1. The molecule has 0 bridgehead atoms. The van der Waals surface area contributed by atoms with Crippen LogP contribution in [0.5, 0.6) is 5.75 Å². The molecule has 1 heterocycles. The van der Waals surface area contributed by atoms with Crippen molar-refractivity contribution in [2.24, 2.45) is 0 Å². The molecule has 0 amide bonds. The van der Waals surface area contributed by atoms with Crippen LogP contribution in [0.3, 0.4) is 0 Å². The second-order valence-corrected chi connectivity index (χ2v) is 11.2. The quantitative estimate of drug-likeness (QED) is 0.842. The Morgan fingerprint density at radius 3 is 2.42 bits per heavy atom. The number of aromatic hydroxyl groups is 1. The fraction of sp³-hybridized carbons (Fsp3) is 0.643. The molecule has 0 spiro atoms. The van der Waals surface area contributed by atoms with Gasteiger partial charge in [-0.15, -0.1) is 0 Å². The first-order valence-corrected chi connectivity index (χ1v) is 9.54. The normalized spacial score (nSPS) is 12.5. The Morgan fingerprint density at radius 2 is 1.95 bits per heavy atom. The SMILES string of the molecule is CN(CCO[Si](C)(C)C(C)(C)C)c1ccc(O)cn1. The molecule has 108 valence electrons. The van der Waals surface area contributed by atoms with E-state index in [9.17, 15) is 5.11 Å². The van der Waals surface area contributed by atoms with Gasteiger partial charge in [0.25, 0.3) is 0 Å². The predicted octanol–water partition coefficient (Wildman–Crippen LogP) is 3.25. The Balaban J connectivity index is 2.47. The molecular formula is C14H26N2O2Si. The molecule has 1 N–H and O–H groups in total. The lowest BCUT2D eigenvalue weighted by Gasteiger charge is -2.36. The summed E-state index contributed by atoms with van der Waals surface area (Å²) in [5.74, 6) is 1.03. The smallest absolute Gasteiger partial charge is 0.192 e. The summed E-state index contributed by atoms with van der Waals surface area (Å²) in [5.41, 5.74) is 0. The highest BCUT2D eigenvalue weighted by molar-refractivity contribution is 6.74. The van der Waals surface area contributed by atoms with Crippen LogP contribution in [0.15, 0.2) is 18.3 Å². The highest BCUT2D eigenvalue weighted by atomic mass is 28.4. The van der Waals surface area contributed by atoms with Gasteiger partial charge in [-0.05, 0) is 30.3 Å². The molecule has 0 radical (unpaired) electrons. The third-order valence-corrected chi connectivity index (χ3v) is 8.36. The minimum atomic E-state index is -1.67. The molecule has 0 aliphatic carbocycles. The minimum Gasteiger partial charge on any atom is -0.506 e. The van der Waals surface area contributed by atoms with Crippen molar-refractivity contribution in [1.82, 2.24) is 4.98 Å². The van der Waals surface area contributed by atoms with E-state index in [1.807, 2.05) is 18.0 Å². The Morgan fingerprint density at radius 1 is 1.32 bits per heavy atom. The number of aromatic nitrogens is 1. The van der Waals surface area contributed by atoms with Crippen molar-refractivity contribution in [2.45, 2.75) is 38.9 Å². The van der Waals surface area contributed by atoms with Crippen LogP contribution >= 0.6 is 0 Å². The predicted molar refractivity (Wildman–Crippen MR) is 82.3 cm³/mol. The van der Waals surface area contributed by atoms with E-state index >= 15 is 0 Å². The molecule has 0 unspecified atom stereocenters. The lowest BCUT2D eigenvalue weighted by molar-refractivity contribution is 0.295. The largest absolute Gasteiger partial charge is 0.506 e. The van der Waals surface area contributed by atoms with E-state index in [0.717, 1.165) is 12.4 Å². The lowest BCUT2D eigenvalue weighted by atomic mass is 10.2. The molecule has 1 rings (SSSR count). The lowest BCUT2D eigenvalue weighted by Crippen LogP contribution is -2.42. The fourth-order valence-electron chi connectivity index (χ4n) is 1.37. The molecule has 0 atom stereocenters. The molecule has 5 heteroatoms. The molecule has 0 saturated carbocycles. The molecule has 1 aromatic rings. The third-order valence-electron chi connectivity index (χ3n) is 3.82. The molecule has 4 nitrogen and oxygen atoms in total. The fourth-order valence-corrected chi connectivity index (χ4v) is 2.41. The van der Waals surface area contributed by atoms with Crippen molar-refractivity contribution in [1.29, 1.82) is 0 Å². The average Bonchev–Trinajstić information content (AvgIpc) is 2.28. The number of pyridine rings is 1. The zero-order chi connectivity index (χ0) is 14.7. The van der Waals surface area contributed by atoms with Crippen LogP contribution in [0.1, 0.15) is 20.8 Å². The number of anilines is 1. The van der Waals surface area contributed by atoms with E-state index in [4.69, 9.17) is 4.43 Å². The summed E-state index contributed by atoms with van der Waals surface area (Å²) in [4.78, 5) is 6.21. The summed E-state index contributed by atoms with van der Waals surface area (Å²) in [7, 11) is 0.312.